The summed E-state index contributed by atoms with van der Waals surface area (Å²) in [5, 5.41) is 7.34. The van der Waals surface area contributed by atoms with Crippen LogP contribution in [0, 0.1) is 19.8 Å². The number of rotatable bonds is 3. The predicted octanol–water partition coefficient (Wildman–Crippen LogP) is 2.37. The maximum Gasteiger partial charge on any atom is 0.0954 e. The zero-order valence-electron chi connectivity index (χ0n) is 13.1. The van der Waals surface area contributed by atoms with Crippen LogP contribution in [0.1, 0.15) is 29.9 Å². The second-order valence-corrected chi connectivity index (χ2v) is 6.14. The van der Waals surface area contributed by atoms with Crippen molar-refractivity contribution in [1.82, 2.24) is 25.1 Å². The predicted molar refractivity (Wildman–Crippen MR) is 83.0 cm³/mol. The Morgan fingerprint density at radius 3 is 2.81 bits per heavy atom. The van der Waals surface area contributed by atoms with Crippen LogP contribution in [0.3, 0.4) is 0 Å². The monoisotopic (exact) mass is 285 g/mol. The fourth-order valence-electron chi connectivity index (χ4n) is 3.34. The smallest absolute Gasteiger partial charge is 0.0954 e. The maximum atomic E-state index is 4.61. The molecule has 0 aliphatic carbocycles. The highest BCUT2D eigenvalue weighted by Gasteiger charge is 2.21. The first-order valence-corrected chi connectivity index (χ1v) is 7.65. The molecular weight excluding hydrogens is 262 g/mol. The fraction of sp³-hybridized carbons (Fsp3) is 0.562. The molecule has 0 aromatic carbocycles. The van der Waals surface area contributed by atoms with Crippen LogP contribution in [0.2, 0.25) is 0 Å². The lowest BCUT2D eigenvalue weighted by molar-refractivity contribution is 0.208. The van der Waals surface area contributed by atoms with E-state index in [9.17, 15) is 0 Å². The van der Waals surface area contributed by atoms with E-state index in [0.29, 0.717) is 5.92 Å². The molecule has 3 heterocycles. The largest absolute Gasteiger partial charge is 0.306 e. The lowest BCUT2D eigenvalue weighted by Crippen LogP contribution is -2.33. The Morgan fingerprint density at radius 2 is 2.10 bits per heavy atom. The van der Waals surface area contributed by atoms with Crippen LogP contribution < -0.4 is 0 Å². The van der Waals surface area contributed by atoms with Crippen LogP contribution >= 0.6 is 0 Å². The van der Waals surface area contributed by atoms with Gasteiger partial charge >= 0.3 is 0 Å². The van der Waals surface area contributed by atoms with Gasteiger partial charge in [0.2, 0.25) is 0 Å². The van der Waals surface area contributed by atoms with E-state index < -0.39 is 0 Å². The summed E-state index contributed by atoms with van der Waals surface area (Å²) in [6, 6.07) is 0. The Balaban J connectivity index is 1.90. The zero-order chi connectivity index (χ0) is 14.8. The van der Waals surface area contributed by atoms with Crippen molar-refractivity contribution in [3.63, 3.8) is 0 Å². The normalized spacial score (nSPS) is 19.9. The molecule has 0 radical (unpaired) electrons. The molecule has 1 fully saturated rings. The van der Waals surface area contributed by atoms with Gasteiger partial charge in [-0.1, -0.05) is 0 Å². The van der Waals surface area contributed by atoms with Crippen molar-refractivity contribution in [3.8, 4) is 11.3 Å². The highest BCUT2D eigenvalue weighted by atomic mass is 15.1. The van der Waals surface area contributed by atoms with Gasteiger partial charge in [-0.25, -0.2) is 0 Å². The zero-order valence-corrected chi connectivity index (χ0v) is 13.1. The first-order valence-electron chi connectivity index (χ1n) is 7.65. The van der Waals surface area contributed by atoms with Gasteiger partial charge in [0.25, 0.3) is 0 Å². The van der Waals surface area contributed by atoms with Crippen molar-refractivity contribution in [2.75, 3.05) is 20.1 Å². The molecule has 0 amide bonds. The van der Waals surface area contributed by atoms with E-state index in [4.69, 9.17) is 0 Å². The van der Waals surface area contributed by atoms with Crippen LogP contribution in [0.4, 0.5) is 0 Å². The third-order valence-corrected chi connectivity index (χ3v) is 4.34. The molecule has 112 valence electrons. The van der Waals surface area contributed by atoms with Crippen LogP contribution in [0.5, 0.6) is 0 Å². The number of hydrogen-bond acceptors (Lipinski definition) is 4. The molecule has 1 atom stereocenters. The van der Waals surface area contributed by atoms with E-state index in [1.165, 1.54) is 19.4 Å². The molecule has 2 aromatic heterocycles. The van der Waals surface area contributed by atoms with Crippen molar-refractivity contribution < 1.29 is 0 Å². The molecule has 1 N–H and O–H groups in total. The highest BCUT2D eigenvalue weighted by Crippen LogP contribution is 2.28. The van der Waals surface area contributed by atoms with Crippen molar-refractivity contribution >= 4 is 0 Å². The van der Waals surface area contributed by atoms with Gasteiger partial charge in [0.1, 0.15) is 0 Å². The van der Waals surface area contributed by atoms with E-state index in [2.05, 4.69) is 32.1 Å². The Morgan fingerprint density at radius 1 is 1.29 bits per heavy atom. The highest BCUT2D eigenvalue weighted by molar-refractivity contribution is 5.66. The van der Waals surface area contributed by atoms with Crippen LogP contribution in [0.25, 0.3) is 11.3 Å². The molecule has 21 heavy (non-hydrogen) atoms. The third kappa shape index (κ3) is 2.97. The van der Waals surface area contributed by atoms with Gasteiger partial charge in [-0.3, -0.25) is 15.1 Å². The van der Waals surface area contributed by atoms with Gasteiger partial charge in [0, 0.05) is 30.2 Å². The maximum absolute atomic E-state index is 4.61. The SMILES string of the molecule is Cc1n[nH]c(C)c1-c1nccnc1CC1CCCN(C)C1. The fourth-order valence-corrected chi connectivity index (χ4v) is 3.34. The number of H-pyrrole nitrogens is 1. The molecular formula is C16H23N5. The van der Waals surface area contributed by atoms with E-state index in [0.717, 1.165) is 41.3 Å². The third-order valence-electron chi connectivity index (χ3n) is 4.34. The van der Waals surface area contributed by atoms with Gasteiger partial charge in [-0.05, 0) is 52.6 Å². The van der Waals surface area contributed by atoms with Crippen molar-refractivity contribution in [2.24, 2.45) is 5.92 Å². The second-order valence-electron chi connectivity index (χ2n) is 6.14. The van der Waals surface area contributed by atoms with E-state index in [1.807, 2.05) is 13.8 Å². The number of nitrogens with zero attached hydrogens (tertiary/aromatic N) is 4. The summed E-state index contributed by atoms with van der Waals surface area (Å²) < 4.78 is 0. The van der Waals surface area contributed by atoms with Crippen molar-refractivity contribution in [1.29, 1.82) is 0 Å². The summed E-state index contributed by atoms with van der Waals surface area (Å²) in [7, 11) is 2.20. The molecule has 3 rings (SSSR count). The summed E-state index contributed by atoms with van der Waals surface area (Å²) in [4.78, 5) is 11.6. The number of nitrogens with one attached hydrogen (secondary N) is 1. The Labute approximate surface area is 125 Å². The number of aryl methyl sites for hydroxylation is 2. The summed E-state index contributed by atoms with van der Waals surface area (Å²) >= 11 is 0. The summed E-state index contributed by atoms with van der Waals surface area (Å²) in [6.45, 7) is 6.43. The van der Waals surface area contributed by atoms with Gasteiger partial charge in [-0.15, -0.1) is 0 Å². The molecule has 1 saturated heterocycles. The minimum Gasteiger partial charge on any atom is -0.306 e. The lowest BCUT2D eigenvalue weighted by Gasteiger charge is -2.29. The number of piperidine rings is 1. The molecule has 1 aliphatic rings. The average Bonchev–Trinajstić information content (AvgIpc) is 2.79. The van der Waals surface area contributed by atoms with Gasteiger partial charge < -0.3 is 4.90 Å². The molecule has 0 bridgehead atoms. The van der Waals surface area contributed by atoms with Crippen LogP contribution in [0.15, 0.2) is 12.4 Å². The number of hydrogen-bond donors (Lipinski definition) is 1. The quantitative estimate of drug-likeness (QED) is 0.940. The van der Waals surface area contributed by atoms with Crippen molar-refractivity contribution in [2.45, 2.75) is 33.1 Å². The van der Waals surface area contributed by atoms with Gasteiger partial charge in [-0.2, -0.15) is 5.10 Å². The number of aromatic amines is 1. The molecule has 5 nitrogen and oxygen atoms in total. The molecule has 5 heteroatoms. The number of likely N-dealkylation sites (tertiary alicyclic amines) is 1. The number of aromatic nitrogens is 4. The molecule has 1 aliphatic heterocycles. The van der Waals surface area contributed by atoms with Crippen LogP contribution in [-0.2, 0) is 6.42 Å². The topological polar surface area (TPSA) is 57.7 Å². The molecule has 1 unspecified atom stereocenters. The summed E-state index contributed by atoms with van der Waals surface area (Å²) in [5.41, 5.74) is 5.27. The van der Waals surface area contributed by atoms with E-state index in [-0.39, 0.29) is 0 Å². The lowest BCUT2D eigenvalue weighted by atomic mass is 9.92. The standard InChI is InChI=1S/C16H23N5/c1-11-15(12(2)20-19-11)16-14(17-6-7-18-16)9-13-5-4-8-21(3)10-13/h6-7,13H,4-5,8-10H2,1-3H3,(H,19,20). The Kier molecular flexibility index (Phi) is 4.01. The molecule has 0 spiro atoms. The summed E-state index contributed by atoms with van der Waals surface area (Å²) in [6.07, 6.45) is 7.13. The minimum absolute atomic E-state index is 0.673. The first kappa shape index (κ1) is 14.2. The van der Waals surface area contributed by atoms with E-state index >= 15 is 0 Å². The first-order chi connectivity index (χ1) is 10.1. The van der Waals surface area contributed by atoms with Crippen molar-refractivity contribution in [3.05, 3.63) is 29.5 Å². The Bertz CT molecular complexity index is 599. The molecule has 2 aromatic rings. The molecule has 0 saturated carbocycles. The minimum atomic E-state index is 0.673. The second kappa shape index (κ2) is 5.93. The van der Waals surface area contributed by atoms with Crippen LogP contribution in [-0.4, -0.2) is 45.2 Å². The van der Waals surface area contributed by atoms with E-state index in [1.54, 1.807) is 12.4 Å². The van der Waals surface area contributed by atoms with Gasteiger partial charge in [0.15, 0.2) is 0 Å². The van der Waals surface area contributed by atoms with Gasteiger partial charge in [0.05, 0.1) is 17.1 Å². The Hall–Kier alpha value is -1.75. The average molecular weight is 285 g/mol. The summed E-state index contributed by atoms with van der Waals surface area (Å²) in [5.74, 6) is 0.673.